The molecule has 26 heavy (non-hydrogen) atoms. The van der Waals surface area contributed by atoms with Crippen LogP contribution in [0.2, 0.25) is 0 Å². The third-order valence-corrected chi connectivity index (χ3v) is 5.49. The van der Waals surface area contributed by atoms with Crippen molar-refractivity contribution in [2.45, 2.75) is 45.9 Å². The van der Waals surface area contributed by atoms with Crippen molar-refractivity contribution in [3.8, 4) is 5.69 Å². The van der Waals surface area contributed by atoms with Gasteiger partial charge in [0.15, 0.2) is 0 Å². The second-order valence-electron chi connectivity index (χ2n) is 7.33. The third kappa shape index (κ3) is 2.48. The second kappa shape index (κ2) is 6.22. The lowest BCUT2D eigenvalue weighted by molar-refractivity contribution is -0.739. The predicted molar refractivity (Wildman–Crippen MR) is 94.8 cm³/mol. The molecule has 0 N–H and O–H groups in total. The zero-order valence-electron chi connectivity index (χ0n) is 15.2. The molecule has 3 aromatic rings. The van der Waals surface area contributed by atoms with Crippen molar-refractivity contribution in [2.24, 2.45) is 0 Å². The van der Waals surface area contributed by atoms with E-state index in [2.05, 4.69) is 68.1 Å². The fraction of sp³-hybridized carbons (Fsp3) is 0.333. The van der Waals surface area contributed by atoms with Crippen molar-refractivity contribution < 1.29 is 21.7 Å². The SMILES string of the molecule is Cc1cc(C)c(-n2c[n+]3c(n2)COC2Cc4ccccc4C23)c(C)c1.[Cl-]. The minimum Gasteiger partial charge on any atom is -1.00 e. The number of nitrogens with zero attached hydrogens (tertiary/aromatic N) is 3. The number of hydrogen-bond acceptors (Lipinski definition) is 2. The molecule has 2 aliphatic rings. The fourth-order valence-electron chi connectivity index (χ4n) is 4.56. The molecule has 1 aromatic heterocycles. The monoisotopic (exact) mass is 367 g/mol. The van der Waals surface area contributed by atoms with Gasteiger partial charge in [0.2, 0.25) is 6.33 Å². The van der Waals surface area contributed by atoms with E-state index in [9.17, 15) is 0 Å². The molecule has 0 amide bonds. The van der Waals surface area contributed by atoms with Gasteiger partial charge < -0.3 is 17.1 Å². The van der Waals surface area contributed by atoms with Gasteiger partial charge in [0, 0.05) is 11.5 Å². The molecular weight excluding hydrogens is 346 g/mol. The summed E-state index contributed by atoms with van der Waals surface area (Å²) in [4.78, 5) is 0. The average molecular weight is 368 g/mol. The van der Waals surface area contributed by atoms with Gasteiger partial charge in [0.25, 0.3) is 0 Å². The van der Waals surface area contributed by atoms with Gasteiger partial charge in [-0.15, -0.1) is 0 Å². The first-order valence-electron chi connectivity index (χ1n) is 8.89. The van der Waals surface area contributed by atoms with E-state index in [0.717, 1.165) is 12.2 Å². The molecule has 4 nitrogen and oxygen atoms in total. The third-order valence-electron chi connectivity index (χ3n) is 5.49. The highest BCUT2D eigenvalue weighted by atomic mass is 35.5. The molecule has 0 bridgehead atoms. The average Bonchev–Trinajstić information content (AvgIpc) is 3.13. The van der Waals surface area contributed by atoms with Gasteiger partial charge in [-0.05, 0) is 43.0 Å². The Hall–Kier alpha value is -2.17. The van der Waals surface area contributed by atoms with Gasteiger partial charge in [0.05, 0.1) is 0 Å². The molecule has 0 saturated carbocycles. The van der Waals surface area contributed by atoms with E-state index < -0.39 is 0 Å². The van der Waals surface area contributed by atoms with Gasteiger partial charge in [-0.2, -0.15) is 0 Å². The van der Waals surface area contributed by atoms with Crippen LogP contribution in [0, 0.1) is 20.8 Å². The number of ether oxygens (including phenoxy) is 1. The van der Waals surface area contributed by atoms with Crippen molar-refractivity contribution >= 4 is 0 Å². The minimum absolute atomic E-state index is 0. The van der Waals surface area contributed by atoms with Crippen LogP contribution in [0.5, 0.6) is 0 Å². The number of rotatable bonds is 1. The van der Waals surface area contributed by atoms with E-state index in [0.29, 0.717) is 6.61 Å². The molecule has 1 aliphatic carbocycles. The van der Waals surface area contributed by atoms with Gasteiger partial charge in [-0.1, -0.05) is 46.6 Å². The number of benzene rings is 2. The maximum Gasteiger partial charge on any atom is 0.304 e. The zero-order valence-corrected chi connectivity index (χ0v) is 16.0. The molecule has 2 unspecified atom stereocenters. The fourth-order valence-corrected chi connectivity index (χ4v) is 4.56. The van der Waals surface area contributed by atoms with Crippen LogP contribution < -0.4 is 17.0 Å². The van der Waals surface area contributed by atoms with E-state index in [4.69, 9.17) is 9.84 Å². The molecule has 5 heteroatoms. The van der Waals surface area contributed by atoms with E-state index >= 15 is 0 Å². The lowest BCUT2D eigenvalue weighted by atomic mass is 10.1. The summed E-state index contributed by atoms with van der Waals surface area (Å²) in [7, 11) is 0. The Morgan fingerprint density at radius 3 is 2.62 bits per heavy atom. The van der Waals surface area contributed by atoms with Crippen LogP contribution >= 0.6 is 0 Å². The maximum absolute atomic E-state index is 6.14. The van der Waals surface area contributed by atoms with Gasteiger partial charge >= 0.3 is 5.82 Å². The van der Waals surface area contributed by atoms with Crippen LogP contribution in [0.3, 0.4) is 0 Å². The summed E-state index contributed by atoms with van der Waals surface area (Å²) < 4.78 is 10.5. The van der Waals surface area contributed by atoms with Crippen LogP contribution in [0.4, 0.5) is 0 Å². The molecule has 134 valence electrons. The smallest absolute Gasteiger partial charge is 0.304 e. The normalized spacial score (nSPS) is 20.1. The second-order valence-corrected chi connectivity index (χ2v) is 7.33. The summed E-state index contributed by atoms with van der Waals surface area (Å²) in [5.74, 6) is 0.998. The summed E-state index contributed by atoms with van der Waals surface area (Å²) in [6.45, 7) is 7.03. The van der Waals surface area contributed by atoms with Crippen LogP contribution in [-0.2, 0) is 17.8 Å². The zero-order chi connectivity index (χ0) is 17.1. The highest BCUT2D eigenvalue weighted by Gasteiger charge is 2.43. The van der Waals surface area contributed by atoms with Crippen LogP contribution in [-0.4, -0.2) is 15.9 Å². The van der Waals surface area contributed by atoms with Crippen molar-refractivity contribution in [1.29, 1.82) is 0 Å². The first-order chi connectivity index (χ1) is 12.1. The number of fused-ring (bicyclic) bond motifs is 5. The highest BCUT2D eigenvalue weighted by Crippen LogP contribution is 2.35. The highest BCUT2D eigenvalue weighted by molar-refractivity contribution is 5.48. The number of aryl methyl sites for hydroxylation is 3. The molecule has 0 radical (unpaired) electrons. The lowest BCUT2D eigenvalue weighted by Gasteiger charge is -2.23. The molecule has 2 heterocycles. The number of hydrogen-bond donors (Lipinski definition) is 0. The first-order valence-corrected chi connectivity index (χ1v) is 8.89. The Labute approximate surface area is 159 Å². The Morgan fingerprint density at radius 1 is 1.12 bits per heavy atom. The Kier molecular flexibility index (Phi) is 4.13. The van der Waals surface area contributed by atoms with E-state index in [-0.39, 0.29) is 24.6 Å². The summed E-state index contributed by atoms with van der Waals surface area (Å²) in [6, 6.07) is 13.4. The molecule has 2 atom stereocenters. The number of halogens is 1. The first kappa shape index (κ1) is 17.3. The van der Waals surface area contributed by atoms with Crippen molar-refractivity contribution in [3.63, 3.8) is 0 Å². The van der Waals surface area contributed by atoms with Crippen molar-refractivity contribution in [2.75, 3.05) is 0 Å². The van der Waals surface area contributed by atoms with Crippen LogP contribution in [0.1, 0.15) is 39.7 Å². The summed E-state index contributed by atoms with van der Waals surface area (Å²) >= 11 is 0. The standard InChI is InChI=1S/C21H22N3O.ClH/c1-13-8-14(2)20(15(3)9-13)24-12-23-19(22-24)11-25-18-10-16-6-4-5-7-17(16)21(18)23;/h4-9,12,18,21H,10-11H2,1-3H3;1H/q+1;/p-1. The summed E-state index contributed by atoms with van der Waals surface area (Å²) in [6.07, 6.45) is 3.36. The maximum atomic E-state index is 6.14. The molecule has 0 fully saturated rings. The number of aromatic nitrogens is 3. The minimum atomic E-state index is 0. The molecular formula is C21H22ClN3O. The largest absolute Gasteiger partial charge is 1.00 e. The van der Waals surface area contributed by atoms with Crippen molar-refractivity contribution in [1.82, 2.24) is 9.78 Å². The molecule has 5 rings (SSSR count). The molecule has 0 spiro atoms. The van der Waals surface area contributed by atoms with Crippen LogP contribution in [0.15, 0.2) is 42.7 Å². The van der Waals surface area contributed by atoms with Crippen LogP contribution in [0.25, 0.3) is 5.69 Å². The Morgan fingerprint density at radius 2 is 1.85 bits per heavy atom. The molecule has 2 aromatic carbocycles. The van der Waals surface area contributed by atoms with Gasteiger partial charge in [0.1, 0.15) is 24.4 Å². The summed E-state index contributed by atoms with van der Waals surface area (Å²) in [5.41, 5.74) is 7.74. The Bertz CT molecular complexity index is 972. The predicted octanol–water partition coefficient (Wildman–Crippen LogP) is 0.133. The molecule has 1 aliphatic heterocycles. The van der Waals surface area contributed by atoms with Crippen molar-refractivity contribution in [3.05, 3.63) is 76.4 Å². The van der Waals surface area contributed by atoms with E-state index in [1.54, 1.807) is 0 Å². The van der Waals surface area contributed by atoms with Gasteiger partial charge in [-0.25, -0.2) is 4.57 Å². The Balaban J connectivity index is 0.00000168. The quantitative estimate of drug-likeness (QED) is 0.573. The molecule has 0 saturated heterocycles. The van der Waals surface area contributed by atoms with Gasteiger partial charge in [-0.3, -0.25) is 0 Å². The van der Waals surface area contributed by atoms with E-state index in [1.807, 2.05) is 4.68 Å². The lowest BCUT2D eigenvalue weighted by Crippen LogP contribution is -3.00. The van der Waals surface area contributed by atoms with E-state index in [1.165, 1.54) is 33.5 Å². The topological polar surface area (TPSA) is 30.9 Å². The summed E-state index contributed by atoms with van der Waals surface area (Å²) in [5, 5.41) is 4.86.